The van der Waals surface area contributed by atoms with E-state index >= 15 is 0 Å². The van der Waals surface area contributed by atoms with Crippen molar-refractivity contribution in [3.8, 4) is 5.75 Å². The number of benzene rings is 1. The number of carboxylic acid groups (broad SMARTS) is 1. The highest BCUT2D eigenvalue weighted by molar-refractivity contribution is 5.94. The maximum Gasteiger partial charge on any atom is 0.310 e. The number of carboxylic acids is 1. The standard InChI is InChI=1S/C38H54O4/c1-23-15-20-38(33(40)41)22-21-36(7)28(32(38)24(23)2)13-14-30-35(6)18-17-31(34(4,5)29(35)16-19-37(30,36)8)42-27-11-9-26(10-12-27)25(3)39/h9-13,23-24,29-32H,14-22H2,1-8H3,(H,40,41). The summed E-state index contributed by atoms with van der Waals surface area (Å²) in [5, 5.41) is 10.7. The van der Waals surface area contributed by atoms with Gasteiger partial charge in [0.15, 0.2) is 5.78 Å². The van der Waals surface area contributed by atoms with Crippen molar-refractivity contribution in [3.05, 3.63) is 41.5 Å². The Labute approximate surface area is 254 Å². The second kappa shape index (κ2) is 9.70. The molecule has 4 nitrogen and oxygen atoms in total. The zero-order chi connectivity index (χ0) is 30.5. The van der Waals surface area contributed by atoms with E-state index < -0.39 is 11.4 Å². The summed E-state index contributed by atoms with van der Waals surface area (Å²) in [7, 11) is 0. The van der Waals surface area contributed by atoms with Crippen LogP contribution in [0.15, 0.2) is 35.9 Å². The lowest BCUT2D eigenvalue weighted by atomic mass is 9.33. The summed E-state index contributed by atoms with van der Waals surface area (Å²) in [5.74, 6) is 2.68. The SMILES string of the molecule is CC(=O)c1ccc(OC2CCC3(C)C(CCC4(C)C3CC=C3C5C(C)C(C)CCC5(C(=O)O)CCC34C)C2(C)C)cc1. The van der Waals surface area contributed by atoms with E-state index in [4.69, 9.17) is 4.74 Å². The van der Waals surface area contributed by atoms with Gasteiger partial charge in [0.1, 0.15) is 11.9 Å². The van der Waals surface area contributed by atoms with Crippen LogP contribution in [-0.2, 0) is 4.79 Å². The van der Waals surface area contributed by atoms with Gasteiger partial charge >= 0.3 is 5.97 Å². The molecule has 5 aliphatic rings. The molecule has 1 aromatic rings. The van der Waals surface area contributed by atoms with E-state index in [0.29, 0.717) is 23.7 Å². The summed E-state index contributed by atoms with van der Waals surface area (Å²) in [6, 6.07) is 7.68. The van der Waals surface area contributed by atoms with Gasteiger partial charge < -0.3 is 9.84 Å². The smallest absolute Gasteiger partial charge is 0.310 e. The summed E-state index contributed by atoms with van der Waals surface area (Å²) >= 11 is 0. The first-order valence-electron chi connectivity index (χ1n) is 16.8. The lowest BCUT2D eigenvalue weighted by molar-refractivity contribution is -0.203. The number of hydrogen-bond donors (Lipinski definition) is 1. The molecule has 42 heavy (non-hydrogen) atoms. The van der Waals surface area contributed by atoms with Crippen molar-refractivity contribution in [2.45, 2.75) is 119 Å². The zero-order valence-corrected chi connectivity index (χ0v) is 27.4. The van der Waals surface area contributed by atoms with E-state index in [9.17, 15) is 14.7 Å². The number of ether oxygens (including phenoxy) is 1. The monoisotopic (exact) mass is 574 g/mol. The molecule has 10 atom stereocenters. The van der Waals surface area contributed by atoms with Gasteiger partial charge in [-0.05, 0) is 135 Å². The molecule has 1 aromatic carbocycles. The van der Waals surface area contributed by atoms with Gasteiger partial charge in [0, 0.05) is 11.0 Å². The van der Waals surface area contributed by atoms with E-state index in [2.05, 4.69) is 54.5 Å². The molecule has 0 aromatic heterocycles. The largest absolute Gasteiger partial charge is 0.490 e. The first-order chi connectivity index (χ1) is 19.6. The van der Waals surface area contributed by atoms with Crippen LogP contribution in [0.5, 0.6) is 5.75 Å². The Morgan fingerprint density at radius 2 is 1.55 bits per heavy atom. The van der Waals surface area contributed by atoms with Gasteiger partial charge in [-0.25, -0.2) is 0 Å². The lowest BCUT2D eigenvalue weighted by Crippen LogP contribution is -2.65. The molecule has 4 saturated carbocycles. The van der Waals surface area contributed by atoms with Crippen LogP contribution in [0.2, 0.25) is 0 Å². The average molecular weight is 575 g/mol. The third kappa shape index (κ3) is 3.91. The van der Waals surface area contributed by atoms with Crippen molar-refractivity contribution in [3.63, 3.8) is 0 Å². The minimum atomic E-state index is -0.582. The summed E-state index contributed by atoms with van der Waals surface area (Å²) < 4.78 is 6.70. The van der Waals surface area contributed by atoms with Crippen LogP contribution in [-0.4, -0.2) is 23.0 Å². The molecule has 0 bridgehead atoms. The number of fused-ring (bicyclic) bond motifs is 7. The van der Waals surface area contributed by atoms with Gasteiger partial charge in [0.25, 0.3) is 0 Å². The van der Waals surface area contributed by atoms with Crippen LogP contribution in [0, 0.1) is 56.7 Å². The molecule has 0 aliphatic heterocycles. The molecule has 1 N–H and O–H groups in total. The van der Waals surface area contributed by atoms with Gasteiger partial charge in [-0.15, -0.1) is 0 Å². The summed E-state index contributed by atoms with van der Waals surface area (Å²) in [4.78, 5) is 24.7. The third-order valence-corrected chi connectivity index (χ3v) is 14.9. The van der Waals surface area contributed by atoms with Gasteiger partial charge in [-0.3, -0.25) is 9.59 Å². The maximum atomic E-state index is 13.0. The Kier molecular flexibility index (Phi) is 6.92. The third-order valence-electron chi connectivity index (χ3n) is 14.9. The number of carbonyl (C=O) groups excluding carboxylic acids is 1. The molecule has 0 radical (unpaired) electrons. The van der Waals surface area contributed by atoms with E-state index in [0.717, 1.165) is 56.3 Å². The number of ketones is 1. The van der Waals surface area contributed by atoms with Crippen molar-refractivity contribution in [2.24, 2.45) is 56.7 Å². The molecule has 0 heterocycles. The Morgan fingerprint density at radius 3 is 2.19 bits per heavy atom. The first kappa shape index (κ1) is 29.9. The van der Waals surface area contributed by atoms with Gasteiger partial charge in [-0.2, -0.15) is 0 Å². The highest BCUT2D eigenvalue weighted by Crippen LogP contribution is 2.75. The Bertz CT molecular complexity index is 1290. The zero-order valence-electron chi connectivity index (χ0n) is 27.4. The molecule has 10 unspecified atom stereocenters. The number of hydrogen-bond acceptors (Lipinski definition) is 3. The maximum absolute atomic E-state index is 13.0. The molecule has 4 fully saturated rings. The fourth-order valence-electron chi connectivity index (χ4n) is 12.0. The second-order valence-electron chi connectivity index (χ2n) is 16.7. The summed E-state index contributed by atoms with van der Waals surface area (Å²) in [6.07, 6.45) is 12.1. The van der Waals surface area contributed by atoms with E-state index in [-0.39, 0.29) is 39.5 Å². The average Bonchev–Trinajstić information content (AvgIpc) is 2.93. The molecule has 0 spiro atoms. The molecule has 6 rings (SSSR count). The van der Waals surface area contributed by atoms with Crippen molar-refractivity contribution in [2.75, 3.05) is 0 Å². The number of rotatable bonds is 4. The van der Waals surface area contributed by atoms with Crippen LogP contribution >= 0.6 is 0 Å². The summed E-state index contributed by atoms with van der Waals surface area (Å²) in [5.41, 5.74) is 2.11. The quantitative estimate of drug-likeness (QED) is 0.287. The minimum Gasteiger partial charge on any atom is -0.490 e. The Balaban J connectivity index is 1.32. The molecule has 230 valence electrons. The molecule has 5 aliphatic carbocycles. The van der Waals surface area contributed by atoms with Crippen molar-refractivity contribution in [1.29, 1.82) is 0 Å². The van der Waals surface area contributed by atoms with E-state index in [1.807, 2.05) is 24.3 Å². The number of carbonyl (C=O) groups is 2. The van der Waals surface area contributed by atoms with Gasteiger partial charge in [0.2, 0.25) is 0 Å². The molecular formula is C38H54O4. The number of aliphatic carboxylic acids is 1. The predicted octanol–water partition coefficient (Wildman–Crippen LogP) is 9.38. The van der Waals surface area contributed by atoms with Gasteiger partial charge in [0.05, 0.1) is 5.41 Å². The second-order valence-corrected chi connectivity index (χ2v) is 16.7. The van der Waals surface area contributed by atoms with Crippen molar-refractivity contribution >= 4 is 11.8 Å². The molecule has 0 amide bonds. The minimum absolute atomic E-state index is 0.0246. The van der Waals surface area contributed by atoms with Crippen LogP contribution in [0.4, 0.5) is 0 Å². The normalized spacial score (nSPS) is 45.8. The van der Waals surface area contributed by atoms with Crippen LogP contribution in [0.1, 0.15) is 124 Å². The number of allylic oxidation sites excluding steroid dienone is 2. The van der Waals surface area contributed by atoms with Crippen molar-refractivity contribution in [1.82, 2.24) is 0 Å². The molecular weight excluding hydrogens is 520 g/mol. The van der Waals surface area contributed by atoms with E-state index in [1.54, 1.807) is 6.92 Å². The molecule has 4 heteroatoms. The summed E-state index contributed by atoms with van der Waals surface area (Å²) in [6.45, 7) is 18.9. The number of Topliss-reactive ketones (excluding diaryl/α,β-unsaturated/α-hetero) is 1. The highest BCUT2D eigenvalue weighted by Gasteiger charge is 2.69. The van der Waals surface area contributed by atoms with Crippen molar-refractivity contribution < 1.29 is 19.4 Å². The molecule has 0 saturated heterocycles. The first-order valence-corrected chi connectivity index (χ1v) is 16.8. The topological polar surface area (TPSA) is 63.6 Å². The predicted molar refractivity (Wildman–Crippen MR) is 167 cm³/mol. The van der Waals surface area contributed by atoms with Crippen LogP contribution in [0.3, 0.4) is 0 Å². The lowest BCUT2D eigenvalue weighted by Gasteiger charge is -2.71. The highest BCUT2D eigenvalue weighted by atomic mass is 16.5. The fraction of sp³-hybridized carbons (Fsp3) is 0.737. The fourth-order valence-corrected chi connectivity index (χ4v) is 12.0. The van der Waals surface area contributed by atoms with Crippen LogP contribution < -0.4 is 4.74 Å². The Morgan fingerprint density at radius 1 is 0.857 bits per heavy atom. The Hall–Kier alpha value is -2.10. The van der Waals surface area contributed by atoms with E-state index in [1.165, 1.54) is 18.4 Å². The van der Waals surface area contributed by atoms with Gasteiger partial charge in [-0.1, -0.05) is 60.1 Å². The van der Waals surface area contributed by atoms with Crippen LogP contribution in [0.25, 0.3) is 0 Å².